The summed E-state index contributed by atoms with van der Waals surface area (Å²) in [6.07, 6.45) is 1.93. The fraction of sp³-hybridized carbons (Fsp3) is 0.588. The summed E-state index contributed by atoms with van der Waals surface area (Å²) in [4.78, 5) is 13.9. The fourth-order valence-corrected chi connectivity index (χ4v) is 2.53. The molecule has 1 aliphatic heterocycles. The number of carbonyl (C=O) groups excluding carboxylic acids is 1. The van der Waals surface area contributed by atoms with E-state index in [9.17, 15) is 4.79 Å². The zero-order valence-corrected chi connectivity index (χ0v) is 13.0. The van der Waals surface area contributed by atoms with E-state index in [1.54, 1.807) is 0 Å². The first kappa shape index (κ1) is 15.8. The van der Waals surface area contributed by atoms with Gasteiger partial charge in [0.2, 0.25) is 0 Å². The van der Waals surface area contributed by atoms with Crippen LogP contribution in [-0.4, -0.2) is 36.7 Å². The lowest BCUT2D eigenvalue weighted by Crippen LogP contribution is -2.41. The molecule has 4 heteroatoms. The lowest BCUT2D eigenvalue weighted by Gasteiger charge is -2.31. The molecule has 116 valence electrons. The summed E-state index contributed by atoms with van der Waals surface area (Å²) in [6.45, 7) is 7.33. The molecule has 1 heterocycles. The van der Waals surface area contributed by atoms with Crippen LogP contribution >= 0.6 is 0 Å². The lowest BCUT2D eigenvalue weighted by molar-refractivity contribution is 0.0820. The predicted molar refractivity (Wildman–Crippen MR) is 84.1 cm³/mol. The van der Waals surface area contributed by atoms with E-state index in [2.05, 4.69) is 19.2 Å². The highest BCUT2D eigenvalue weighted by Gasteiger charge is 2.23. The van der Waals surface area contributed by atoms with Crippen molar-refractivity contribution in [3.63, 3.8) is 0 Å². The summed E-state index contributed by atoms with van der Waals surface area (Å²) < 4.78 is 5.37. The Kier molecular flexibility index (Phi) is 6.05. The number of piperidine rings is 1. The van der Waals surface area contributed by atoms with Gasteiger partial charge in [-0.15, -0.1) is 0 Å². The lowest BCUT2D eigenvalue weighted by atomic mass is 9.97. The van der Waals surface area contributed by atoms with Crippen molar-refractivity contribution in [1.29, 1.82) is 0 Å². The number of rotatable bonds is 5. The molecule has 1 aromatic carbocycles. The quantitative estimate of drug-likeness (QED) is 0.906. The van der Waals surface area contributed by atoms with Crippen LogP contribution < -0.4 is 5.32 Å². The van der Waals surface area contributed by atoms with Gasteiger partial charge < -0.3 is 15.0 Å². The molecule has 1 aliphatic rings. The van der Waals surface area contributed by atoms with Gasteiger partial charge in [-0.3, -0.25) is 0 Å². The van der Waals surface area contributed by atoms with Gasteiger partial charge in [-0.2, -0.15) is 0 Å². The Bertz CT molecular complexity index is 426. The van der Waals surface area contributed by atoms with Crippen LogP contribution in [0.4, 0.5) is 4.79 Å². The first-order valence-electron chi connectivity index (χ1n) is 7.84. The van der Waals surface area contributed by atoms with Crippen LogP contribution in [0.2, 0.25) is 0 Å². The molecule has 4 nitrogen and oxygen atoms in total. The van der Waals surface area contributed by atoms with E-state index < -0.39 is 0 Å². The van der Waals surface area contributed by atoms with E-state index in [1.165, 1.54) is 0 Å². The third kappa shape index (κ3) is 5.38. The van der Waals surface area contributed by atoms with Gasteiger partial charge in [0.05, 0.1) is 0 Å². The van der Waals surface area contributed by atoms with Crippen LogP contribution in [0.15, 0.2) is 30.3 Å². The second-order valence-electron chi connectivity index (χ2n) is 6.03. The molecule has 1 amide bonds. The van der Waals surface area contributed by atoms with Gasteiger partial charge in [-0.25, -0.2) is 4.79 Å². The molecule has 0 saturated carbocycles. The first-order valence-corrected chi connectivity index (χ1v) is 7.84. The van der Waals surface area contributed by atoms with Crippen molar-refractivity contribution in [2.45, 2.75) is 39.3 Å². The summed E-state index contributed by atoms with van der Waals surface area (Å²) in [5, 5.41) is 3.47. The van der Waals surface area contributed by atoms with Gasteiger partial charge in [0.25, 0.3) is 0 Å². The van der Waals surface area contributed by atoms with E-state index in [4.69, 9.17) is 4.74 Å². The van der Waals surface area contributed by atoms with E-state index in [0.717, 1.165) is 38.0 Å². The minimum Gasteiger partial charge on any atom is -0.445 e. The molecule has 0 spiro atoms. The van der Waals surface area contributed by atoms with E-state index in [0.29, 0.717) is 18.6 Å². The number of carbonyl (C=O) groups is 1. The maximum atomic E-state index is 12.0. The van der Waals surface area contributed by atoms with Crippen LogP contribution in [0.3, 0.4) is 0 Å². The second-order valence-corrected chi connectivity index (χ2v) is 6.03. The molecule has 0 atom stereocenters. The predicted octanol–water partition coefficient (Wildman–Crippen LogP) is 3.03. The Balaban J connectivity index is 1.68. The number of benzene rings is 1. The Morgan fingerprint density at radius 3 is 2.57 bits per heavy atom. The molecule has 1 fully saturated rings. The first-order chi connectivity index (χ1) is 10.1. The van der Waals surface area contributed by atoms with Crippen molar-refractivity contribution in [2.24, 2.45) is 5.92 Å². The van der Waals surface area contributed by atoms with Crippen LogP contribution in [-0.2, 0) is 11.3 Å². The summed E-state index contributed by atoms with van der Waals surface area (Å²) in [5.74, 6) is 0.672. The van der Waals surface area contributed by atoms with Crippen molar-refractivity contribution < 1.29 is 9.53 Å². The Morgan fingerprint density at radius 1 is 1.29 bits per heavy atom. The highest BCUT2D eigenvalue weighted by Crippen LogP contribution is 2.17. The summed E-state index contributed by atoms with van der Waals surface area (Å²) >= 11 is 0. The van der Waals surface area contributed by atoms with Crippen molar-refractivity contribution in [2.75, 3.05) is 19.6 Å². The number of nitrogens with one attached hydrogen (secondary N) is 1. The molecule has 0 aliphatic carbocycles. The molecular weight excluding hydrogens is 264 g/mol. The van der Waals surface area contributed by atoms with Crippen LogP contribution in [0.25, 0.3) is 0 Å². The number of likely N-dealkylation sites (tertiary alicyclic amines) is 1. The second kappa shape index (κ2) is 8.03. The molecule has 2 rings (SSSR count). The van der Waals surface area contributed by atoms with Crippen molar-refractivity contribution in [1.82, 2.24) is 10.2 Å². The number of hydrogen-bond donors (Lipinski definition) is 1. The minimum absolute atomic E-state index is 0.186. The third-order valence-corrected chi connectivity index (χ3v) is 3.89. The SMILES string of the molecule is CC(C)NCC1CCN(C(=O)OCc2ccccc2)CC1. The number of hydrogen-bond acceptors (Lipinski definition) is 3. The van der Waals surface area contributed by atoms with Gasteiger partial charge in [-0.05, 0) is 30.9 Å². The van der Waals surface area contributed by atoms with Gasteiger partial charge in [-0.1, -0.05) is 44.2 Å². The van der Waals surface area contributed by atoms with Gasteiger partial charge in [0.1, 0.15) is 6.61 Å². The third-order valence-electron chi connectivity index (χ3n) is 3.89. The fourth-order valence-electron chi connectivity index (χ4n) is 2.53. The monoisotopic (exact) mass is 290 g/mol. The topological polar surface area (TPSA) is 41.6 Å². The highest BCUT2D eigenvalue weighted by atomic mass is 16.6. The van der Waals surface area contributed by atoms with Gasteiger partial charge >= 0.3 is 6.09 Å². The Hall–Kier alpha value is -1.55. The van der Waals surface area contributed by atoms with Crippen LogP contribution in [0.1, 0.15) is 32.3 Å². The van der Waals surface area contributed by atoms with Crippen molar-refractivity contribution in [3.8, 4) is 0 Å². The molecule has 0 radical (unpaired) electrons. The number of amides is 1. The molecule has 0 aromatic heterocycles. The Morgan fingerprint density at radius 2 is 1.95 bits per heavy atom. The van der Waals surface area contributed by atoms with E-state index in [1.807, 2.05) is 35.2 Å². The normalized spacial score (nSPS) is 16.2. The Labute approximate surface area is 127 Å². The summed E-state index contributed by atoms with van der Waals surface area (Å²) in [5.41, 5.74) is 1.03. The standard InChI is InChI=1S/C17H26N2O2/c1-14(2)18-12-15-8-10-19(11-9-15)17(20)21-13-16-6-4-3-5-7-16/h3-7,14-15,18H,8-13H2,1-2H3. The number of nitrogens with zero attached hydrogens (tertiary/aromatic N) is 1. The number of ether oxygens (including phenoxy) is 1. The maximum Gasteiger partial charge on any atom is 0.410 e. The van der Waals surface area contributed by atoms with E-state index >= 15 is 0 Å². The van der Waals surface area contributed by atoms with Gasteiger partial charge in [0, 0.05) is 19.1 Å². The average Bonchev–Trinajstić information content (AvgIpc) is 2.52. The molecular formula is C17H26N2O2. The van der Waals surface area contributed by atoms with Crippen LogP contribution in [0, 0.1) is 5.92 Å². The zero-order chi connectivity index (χ0) is 15.1. The maximum absolute atomic E-state index is 12.0. The minimum atomic E-state index is -0.186. The summed E-state index contributed by atoms with van der Waals surface area (Å²) in [6, 6.07) is 10.3. The largest absolute Gasteiger partial charge is 0.445 e. The van der Waals surface area contributed by atoms with Gasteiger partial charge in [0.15, 0.2) is 0 Å². The van der Waals surface area contributed by atoms with Crippen molar-refractivity contribution in [3.05, 3.63) is 35.9 Å². The average molecular weight is 290 g/mol. The molecule has 0 bridgehead atoms. The van der Waals surface area contributed by atoms with E-state index in [-0.39, 0.29) is 6.09 Å². The summed E-state index contributed by atoms with van der Waals surface area (Å²) in [7, 11) is 0. The highest BCUT2D eigenvalue weighted by molar-refractivity contribution is 5.67. The molecule has 1 saturated heterocycles. The zero-order valence-electron chi connectivity index (χ0n) is 13.0. The van der Waals surface area contributed by atoms with Crippen molar-refractivity contribution >= 4 is 6.09 Å². The smallest absolute Gasteiger partial charge is 0.410 e. The van der Waals surface area contributed by atoms with Crippen LogP contribution in [0.5, 0.6) is 0 Å². The molecule has 21 heavy (non-hydrogen) atoms. The molecule has 0 unspecified atom stereocenters. The molecule has 1 aromatic rings. The molecule has 1 N–H and O–H groups in total.